The van der Waals surface area contributed by atoms with Crippen molar-refractivity contribution >= 4 is 0 Å². The molecule has 0 unspecified atom stereocenters. The van der Waals surface area contributed by atoms with Crippen LogP contribution < -0.4 is 0 Å². The minimum atomic E-state index is -0.355. The van der Waals surface area contributed by atoms with Crippen LogP contribution in [0.2, 0.25) is 0 Å². The molecular formula is C14H24O. The second kappa shape index (κ2) is 2.80. The van der Waals surface area contributed by atoms with Crippen molar-refractivity contribution in [3.8, 4) is 0 Å². The van der Waals surface area contributed by atoms with Crippen LogP contribution in [0.15, 0.2) is 0 Å². The molecule has 86 valence electrons. The minimum absolute atomic E-state index is 0.355. The van der Waals surface area contributed by atoms with Crippen LogP contribution in [-0.4, -0.2) is 10.7 Å². The Kier molecular flexibility index (Phi) is 1.89. The molecule has 0 aromatic rings. The van der Waals surface area contributed by atoms with Gasteiger partial charge in [0, 0.05) is 0 Å². The van der Waals surface area contributed by atoms with Crippen molar-refractivity contribution in [2.75, 3.05) is 0 Å². The van der Waals surface area contributed by atoms with Crippen molar-refractivity contribution in [3.63, 3.8) is 0 Å². The van der Waals surface area contributed by atoms with E-state index in [4.69, 9.17) is 0 Å². The molecule has 3 saturated carbocycles. The molecule has 0 bridgehead atoms. The minimum Gasteiger partial charge on any atom is -0.390 e. The average Bonchev–Trinajstić information content (AvgIpc) is 2.69. The van der Waals surface area contributed by atoms with E-state index in [1.165, 1.54) is 25.7 Å². The van der Waals surface area contributed by atoms with Crippen molar-refractivity contribution in [3.05, 3.63) is 0 Å². The molecule has 3 aliphatic rings. The van der Waals surface area contributed by atoms with E-state index in [2.05, 4.69) is 20.8 Å². The van der Waals surface area contributed by atoms with Crippen LogP contribution in [0.3, 0.4) is 0 Å². The summed E-state index contributed by atoms with van der Waals surface area (Å²) in [4.78, 5) is 0. The molecule has 3 fully saturated rings. The summed E-state index contributed by atoms with van der Waals surface area (Å²) >= 11 is 0. The lowest BCUT2D eigenvalue weighted by atomic mass is 9.63. The summed E-state index contributed by atoms with van der Waals surface area (Å²) in [7, 11) is 0. The third kappa shape index (κ3) is 1.25. The first-order valence-electron chi connectivity index (χ1n) is 6.67. The molecule has 0 aromatic carbocycles. The normalized spacial score (nSPS) is 56.8. The molecule has 0 amide bonds. The summed E-state index contributed by atoms with van der Waals surface area (Å²) in [6, 6.07) is 0. The molecule has 1 N–H and O–H groups in total. The third-order valence-electron chi connectivity index (χ3n) is 5.93. The van der Waals surface area contributed by atoms with Crippen molar-refractivity contribution in [1.82, 2.24) is 0 Å². The lowest BCUT2D eigenvalue weighted by molar-refractivity contribution is -0.0783. The first-order valence-corrected chi connectivity index (χ1v) is 6.67. The third-order valence-corrected chi connectivity index (χ3v) is 5.93. The van der Waals surface area contributed by atoms with Crippen LogP contribution in [-0.2, 0) is 0 Å². The van der Waals surface area contributed by atoms with E-state index in [0.29, 0.717) is 11.3 Å². The topological polar surface area (TPSA) is 20.2 Å². The standard InChI is InChI=1S/C14H24O/c1-13(2)11-7-6-10-9(12(11)13)5-4-8-14(10,3)15/h9-12,15H,4-8H2,1-3H3/t9-,10-,11-,12+,14+/m0/s1. The van der Waals surface area contributed by atoms with Crippen LogP contribution in [0.5, 0.6) is 0 Å². The fourth-order valence-electron chi connectivity index (χ4n) is 5.05. The quantitative estimate of drug-likeness (QED) is 0.648. The maximum Gasteiger partial charge on any atom is 0.0650 e. The Hall–Kier alpha value is -0.0400. The average molecular weight is 208 g/mol. The largest absolute Gasteiger partial charge is 0.390 e. The van der Waals surface area contributed by atoms with Gasteiger partial charge in [-0.1, -0.05) is 20.3 Å². The SMILES string of the molecule is CC1(C)[C@@H]2[C@H]3CCC[C@@](C)(O)[C@H]3CC[C@@H]21. The Balaban J connectivity index is 1.86. The van der Waals surface area contributed by atoms with Crippen molar-refractivity contribution < 1.29 is 5.11 Å². The summed E-state index contributed by atoms with van der Waals surface area (Å²) in [5.74, 6) is 3.35. The van der Waals surface area contributed by atoms with E-state index in [0.717, 1.165) is 24.2 Å². The summed E-state index contributed by atoms with van der Waals surface area (Å²) in [6.45, 7) is 6.96. The molecule has 1 heteroatoms. The van der Waals surface area contributed by atoms with Crippen LogP contribution >= 0.6 is 0 Å². The van der Waals surface area contributed by atoms with E-state index in [1.54, 1.807) is 0 Å². The van der Waals surface area contributed by atoms with Gasteiger partial charge in [-0.2, -0.15) is 0 Å². The van der Waals surface area contributed by atoms with Crippen molar-refractivity contribution in [1.29, 1.82) is 0 Å². The lowest BCUT2D eigenvalue weighted by Crippen LogP contribution is -2.45. The Morgan fingerprint density at radius 1 is 1.00 bits per heavy atom. The van der Waals surface area contributed by atoms with E-state index in [1.807, 2.05) is 0 Å². The van der Waals surface area contributed by atoms with E-state index in [9.17, 15) is 5.11 Å². The number of hydrogen-bond donors (Lipinski definition) is 1. The first-order chi connectivity index (χ1) is 6.94. The van der Waals surface area contributed by atoms with Gasteiger partial charge >= 0.3 is 0 Å². The zero-order valence-corrected chi connectivity index (χ0v) is 10.3. The highest BCUT2D eigenvalue weighted by Crippen LogP contribution is 2.70. The van der Waals surface area contributed by atoms with E-state index >= 15 is 0 Å². The molecule has 3 rings (SSSR count). The Labute approximate surface area is 93.3 Å². The van der Waals surface area contributed by atoms with Crippen molar-refractivity contribution in [2.24, 2.45) is 29.1 Å². The summed E-state index contributed by atoms with van der Waals surface area (Å²) in [5.41, 5.74) is 0.236. The first kappa shape index (κ1) is 10.1. The maximum absolute atomic E-state index is 10.5. The predicted octanol–water partition coefficient (Wildman–Crippen LogP) is 3.22. The zero-order valence-electron chi connectivity index (χ0n) is 10.3. The molecule has 0 heterocycles. The Morgan fingerprint density at radius 2 is 1.67 bits per heavy atom. The van der Waals surface area contributed by atoms with Gasteiger partial charge in [0.15, 0.2) is 0 Å². The van der Waals surface area contributed by atoms with Gasteiger partial charge in [-0.25, -0.2) is 0 Å². The second-order valence-corrected chi connectivity index (χ2v) is 7.05. The molecule has 1 nitrogen and oxygen atoms in total. The number of hydrogen-bond acceptors (Lipinski definition) is 1. The van der Waals surface area contributed by atoms with E-state index < -0.39 is 0 Å². The van der Waals surface area contributed by atoms with E-state index in [-0.39, 0.29) is 5.60 Å². The molecule has 3 aliphatic carbocycles. The van der Waals surface area contributed by atoms with Gasteiger partial charge in [0.1, 0.15) is 0 Å². The smallest absolute Gasteiger partial charge is 0.0650 e. The summed E-state index contributed by atoms with van der Waals surface area (Å²) < 4.78 is 0. The highest BCUT2D eigenvalue weighted by Gasteiger charge is 2.65. The molecule has 0 aliphatic heterocycles. The van der Waals surface area contributed by atoms with Gasteiger partial charge in [-0.3, -0.25) is 0 Å². The summed E-state index contributed by atoms with van der Waals surface area (Å²) in [5, 5.41) is 10.5. The van der Waals surface area contributed by atoms with Crippen LogP contribution in [0.1, 0.15) is 52.9 Å². The molecule has 0 saturated heterocycles. The lowest BCUT2D eigenvalue weighted by Gasteiger charge is -2.45. The Bertz CT molecular complexity index is 279. The van der Waals surface area contributed by atoms with Gasteiger partial charge in [-0.05, 0) is 61.7 Å². The van der Waals surface area contributed by atoms with Crippen LogP contribution in [0, 0.1) is 29.1 Å². The second-order valence-electron chi connectivity index (χ2n) is 7.05. The highest BCUT2D eigenvalue weighted by molar-refractivity contribution is 5.14. The Morgan fingerprint density at radius 3 is 2.40 bits per heavy atom. The molecule has 15 heavy (non-hydrogen) atoms. The number of aliphatic hydroxyl groups is 1. The molecule has 0 radical (unpaired) electrons. The molecule has 5 atom stereocenters. The van der Waals surface area contributed by atoms with Gasteiger partial charge in [0.25, 0.3) is 0 Å². The maximum atomic E-state index is 10.5. The van der Waals surface area contributed by atoms with Crippen LogP contribution in [0.4, 0.5) is 0 Å². The van der Waals surface area contributed by atoms with Crippen molar-refractivity contribution in [2.45, 2.75) is 58.5 Å². The van der Waals surface area contributed by atoms with Gasteiger partial charge < -0.3 is 5.11 Å². The highest BCUT2D eigenvalue weighted by atomic mass is 16.3. The molecule has 0 spiro atoms. The molecular weight excluding hydrogens is 184 g/mol. The predicted molar refractivity (Wildman–Crippen MR) is 61.4 cm³/mol. The van der Waals surface area contributed by atoms with Gasteiger partial charge in [0.05, 0.1) is 5.60 Å². The fraction of sp³-hybridized carbons (Fsp3) is 1.00. The van der Waals surface area contributed by atoms with Gasteiger partial charge in [0.2, 0.25) is 0 Å². The number of fused-ring (bicyclic) bond motifs is 3. The monoisotopic (exact) mass is 208 g/mol. The fourth-order valence-corrected chi connectivity index (χ4v) is 5.05. The zero-order chi connectivity index (χ0) is 10.8. The van der Waals surface area contributed by atoms with Gasteiger partial charge in [-0.15, -0.1) is 0 Å². The number of rotatable bonds is 0. The summed E-state index contributed by atoms with van der Waals surface area (Å²) in [6.07, 6.45) is 6.31. The molecule has 0 aromatic heterocycles. The van der Waals surface area contributed by atoms with Crippen LogP contribution in [0.25, 0.3) is 0 Å².